The van der Waals surface area contributed by atoms with Crippen LogP contribution in [0.3, 0.4) is 0 Å². The predicted octanol–water partition coefficient (Wildman–Crippen LogP) is 2.40. The Morgan fingerprint density at radius 2 is 2.00 bits per heavy atom. The molecular weight excluding hydrogens is 124 g/mol. The zero-order chi connectivity index (χ0) is 7.56. The molecule has 0 heterocycles. The lowest BCUT2D eigenvalue weighted by Crippen LogP contribution is -2.15. The minimum absolute atomic E-state index is 0.322. The van der Waals surface area contributed by atoms with Gasteiger partial charge in [0.05, 0.1) is 0 Å². The Balaban J connectivity index is 2.55. The summed E-state index contributed by atoms with van der Waals surface area (Å²) < 4.78 is 0. The maximum atomic E-state index is 11.2. The van der Waals surface area contributed by atoms with Gasteiger partial charge < -0.3 is 0 Å². The zero-order valence-corrected chi connectivity index (χ0v) is 6.89. The second kappa shape index (κ2) is 3.18. The molecule has 0 unspecified atom stereocenters. The van der Waals surface area contributed by atoms with Gasteiger partial charge in [0.1, 0.15) is 5.78 Å². The molecule has 0 radical (unpaired) electrons. The average molecular weight is 140 g/mol. The fourth-order valence-corrected chi connectivity index (χ4v) is 1.56. The van der Waals surface area contributed by atoms with Crippen LogP contribution in [0.4, 0.5) is 0 Å². The van der Waals surface area contributed by atoms with Gasteiger partial charge in [-0.15, -0.1) is 0 Å². The number of rotatable bonds is 0. The molecule has 10 heavy (non-hydrogen) atoms. The molecule has 1 aliphatic rings. The second-order valence-corrected chi connectivity index (χ2v) is 3.48. The van der Waals surface area contributed by atoms with Crippen molar-refractivity contribution < 1.29 is 4.79 Å². The summed E-state index contributed by atoms with van der Waals surface area (Å²) in [5, 5.41) is 0. The van der Waals surface area contributed by atoms with Crippen LogP contribution in [0.25, 0.3) is 0 Å². The lowest BCUT2D eigenvalue weighted by molar-refractivity contribution is -0.123. The first-order valence-corrected chi connectivity index (χ1v) is 4.24. The van der Waals surface area contributed by atoms with Crippen molar-refractivity contribution in [1.29, 1.82) is 0 Å². The largest absolute Gasteiger partial charge is 0.299 e. The molecule has 0 amide bonds. The molecule has 1 nitrogen and oxygen atoms in total. The van der Waals surface area contributed by atoms with Gasteiger partial charge >= 0.3 is 0 Å². The van der Waals surface area contributed by atoms with Crippen LogP contribution in [0.15, 0.2) is 0 Å². The van der Waals surface area contributed by atoms with Crippen molar-refractivity contribution in [3.8, 4) is 0 Å². The van der Waals surface area contributed by atoms with Crippen molar-refractivity contribution in [1.82, 2.24) is 0 Å². The van der Waals surface area contributed by atoms with E-state index in [0.29, 0.717) is 17.6 Å². The highest BCUT2D eigenvalue weighted by molar-refractivity contribution is 5.81. The summed E-state index contributed by atoms with van der Waals surface area (Å²) in [5.41, 5.74) is 0. The first kappa shape index (κ1) is 7.77. The molecule has 0 aromatic rings. The Morgan fingerprint density at radius 3 is 2.70 bits per heavy atom. The number of hydrogen-bond donors (Lipinski definition) is 0. The summed E-state index contributed by atoms with van der Waals surface area (Å²) in [7, 11) is 0. The van der Waals surface area contributed by atoms with E-state index in [1.807, 2.05) is 0 Å². The molecule has 1 fully saturated rings. The number of carbonyl (C=O) groups is 1. The van der Waals surface area contributed by atoms with Crippen LogP contribution in [-0.4, -0.2) is 5.78 Å². The van der Waals surface area contributed by atoms with E-state index in [-0.39, 0.29) is 0 Å². The molecule has 1 heteroatoms. The molecule has 58 valence electrons. The van der Waals surface area contributed by atoms with E-state index >= 15 is 0 Å². The maximum Gasteiger partial charge on any atom is 0.135 e. The van der Waals surface area contributed by atoms with Gasteiger partial charge in [-0.3, -0.25) is 4.79 Å². The normalized spacial score (nSPS) is 35.6. The van der Waals surface area contributed by atoms with Gasteiger partial charge in [0, 0.05) is 12.3 Å². The lowest BCUT2D eigenvalue weighted by Gasteiger charge is -2.13. The maximum absolute atomic E-state index is 11.2. The summed E-state index contributed by atoms with van der Waals surface area (Å²) in [6.07, 6.45) is 4.43. The molecule has 0 N–H and O–H groups in total. The molecule has 0 aliphatic heterocycles. The third-order valence-electron chi connectivity index (χ3n) is 2.69. The third kappa shape index (κ3) is 1.59. The fourth-order valence-electron chi connectivity index (χ4n) is 1.56. The molecule has 0 spiro atoms. The van der Waals surface area contributed by atoms with Crippen LogP contribution in [0.1, 0.15) is 39.5 Å². The molecule has 0 aromatic carbocycles. The van der Waals surface area contributed by atoms with Crippen LogP contribution < -0.4 is 0 Å². The highest BCUT2D eigenvalue weighted by Gasteiger charge is 2.21. The highest BCUT2D eigenvalue weighted by atomic mass is 16.1. The summed E-state index contributed by atoms with van der Waals surface area (Å²) in [6.45, 7) is 4.26. The average Bonchev–Trinajstić information content (AvgIpc) is 2.04. The molecule has 0 bridgehead atoms. The van der Waals surface area contributed by atoms with Gasteiger partial charge in [-0.1, -0.05) is 26.7 Å². The van der Waals surface area contributed by atoms with E-state index in [1.54, 1.807) is 0 Å². The van der Waals surface area contributed by atoms with Gasteiger partial charge in [-0.2, -0.15) is 0 Å². The Hall–Kier alpha value is -0.330. The summed E-state index contributed by atoms with van der Waals surface area (Å²) in [5.74, 6) is 1.42. The second-order valence-electron chi connectivity index (χ2n) is 3.48. The third-order valence-corrected chi connectivity index (χ3v) is 2.69. The Bertz CT molecular complexity index is 129. The van der Waals surface area contributed by atoms with E-state index in [1.165, 1.54) is 12.8 Å². The zero-order valence-electron chi connectivity index (χ0n) is 6.89. The predicted molar refractivity (Wildman–Crippen MR) is 41.8 cm³/mol. The standard InChI is InChI=1S/C9H16O/c1-7-5-3-4-6-9(10)8(7)2/h7-8H,3-6H2,1-2H3/t7-,8+/m1/s1. The van der Waals surface area contributed by atoms with E-state index in [2.05, 4.69) is 13.8 Å². The number of ketones is 1. The summed E-state index contributed by atoms with van der Waals surface area (Å²) in [4.78, 5) is 11.2. The highest BCUT2D eigenvalue weighted by Crippen LogP contribution is 2.24. The lowest BCUT2D eigenvalue weighted by atomic mass is 9.91. The molecule has 1 aliphatic carbocycles. The fraction of sp³-hybridized carbons (Fsp3) is 0.889. The van der Waals surface area contributed by atoms with Crippen molar-refractivity contribution in [2.45, 2.75) is 39.5 Å². The van der Waals surface area contributed by atoms with Crippen molar-refractivity contribution in [2.75, 3.05) is 0 Å². The number of hydrogen-bond acceptors (Lipinski definition) is 1. The number of Topliss-reactive ketones (excluding diaryl/α,β-unsaturated/α-hetero) is 1. The topological polar surface area (TPSA) is 17.1 Å². The quantitative estimate of drug-likeness (QED) is 0.472. The van der Waals surface area contributed by atoms with Gasteiger partial charge in [0.25, 0.3) is 0 Å². The molecule has 0 aromatic heterocycles. The van der Waals surface area contributed by atoms with E-state index in [4.69, 9.17) is 0 Å². The minimum Gasteiger partial charge on any atom is -0.299 e. The van der Waals surface area contributed by atoms with Crippen molar-refractivity contribution in [3.05, 3.63) is 0 Å². The Kier molecular flexibility index (Phi) is 2.47. The molecule has 2 atom stereocenters. The molecule has 1 saturated carbocycles. The molecular formula is C9H16O. The number of carbonyl (C=O) groups excluding carboxylic acids is 1. The van der Waals surface area contributed by atoms with Gasteiger partial charge in [0.2, 0.25) is 0 Å². The summed E-state index contributed by atoms with van der Waals surface area (Å²) >= 11 is 0. The van der Waals surface area contributed by atoms with Crippen LogP contribution >= 0.6 is 0 Å². The van der Waals surface area contributed by atoms with Crippen LogP contribution in [0.2, 0.25) is 0 Å². The molecule has 1 rings (SSSR count). The SMILES string of the molecule is C[C@@H]1CCCCC(=O)[C@H]1C. The summed E-state index contributed by atoms with van der Waals surface area (Å²) in [6, 6.07) is 0. The van der Waals surface area contributed by atoms with E-state index in [0.717, 1.165) is 12.8 Å². The monoisotopic (exact) mass is 140 g/mol. The van der Waals surface area contributed by atoms with E-state index in [9.17, 15) is 4.79 Å². The van der Waals surface area contributed by atoms with E-state index < -0.39 is 0 Å². The Morgan fingerprint density at radius 1 is 1.30 bits per heavy atom. The van der Waals surface area contributed by atoms with Crippen molar-refractivity contribution in [3.63, 3.8) is 0 Å². The Labute approximate surface area is 62.8 Å². The smallest absolute Gasteiger partial charge is 0.135 e. The van der Waals surface area contributed by atoms with Crippen LogP contribution in [-0.2, 0) is 4.79 Å². The van der Waals surface area contributed by atoms with Crippen LogP contribution in [0.5, 0.6) is 0 Å². The first-order chi connectivity index (χ1) is 4.72. The van der Waals surface area contributed by atoms with Gasteiger partial charge in [0.15, 0.2) is 0 Å². The minimum atomic E-state index is 0.322. The van der Waals surface area contributed by atoms with Crippen LogP contribution in [0, 0.1) is 11.8 Å². The van der Waals surface area contributed by atoms with Crippen molar-refractivity contribution in [2.24, 2.45) is 11.8 Å². The first-order valence-electron chi connectivity index (χ1n) is 4.24. The van der Waals surface area contributed by atoms with Gasteiger partial charge in [-0.25, -0.2) is 0 Å². The van der Waals surface area contributed by atoms with Gasteiger partial charge in [-0.05, 0) is 12.3 Å². The van der Waals surface area contributed by atoms with Crippen molar-refractivity contribution >= 4 is 5.78 Å². The molecule has 0 saturated heterocycles.